The molecule has 0 saturated carbocycles. The molecule has 0 aromatic heterocycles. The number of nitrogens with one attached hydrogen (secondary N) is 2. The zero-order valence-corrected chi connectivity index (χ0v) is 17.0. The Bertz CT molecular complexity index is 730. The number of rotatable bonds is 9. The van der Waals surface area contributed by atoms with Gasteiger partial charge < -0.3 is 10.6 Å². The van der Waals surface area contributed by atoms with Crippen molar-refractivity contribution in [3.63, 3.8) is 0 Å². The van der Waals surface area contributed by atoms with E-state index >= 15 is 0 Å². The number of amides is 2. The van der Waals surface area contributed by atoms with Crippen LogP contribution in [0.15, 0.2) is 59.5 Å². The first kappa shape index (κ1) is 21.0. The van der Waals surface area contributed by atoms with Gasteiger partial charge in [-0.3, -0.25) is 9.59 Å². The molecule has 5 heteroatoms. The Hall–Kier alpha value is -2.27. The topological polar surface area (TPSA) is 58.2 Å². The molecule has 0 spiro atoms. The van der Waals surface area contributed by atoms with Crippen LogP contribution < -0.4 is 10.6 Å². The number of benzene rings is 2. The van der Waals surface area contributed by atoms with Crippen molar-refractivity contribution in [3.8, 4) is 0 Å². The molecule has 1 atom stereocenters. The molecule has 144 valence electrons. The SMILES string of the molecule is CC(=O)NC(CSc1ccc(C(C)C)cc1)C(=O)NCCc1ccccc1. The quantitative estimate of drug-likeness (QED) is 0.647. The molecule has 27 heavy (non-hydrogen) atoms. The van der Waals surface area contributed by atoms with Gasteiger partial charge in [0.2, 0.25) is 11.8 Å². The summed E-state index contributed by atoms with van der Waals surface area (Å²) in [7, 11) is 0. The monoisotopic (exact) mass is 384 g/mol. The van der Waals surface area contributed by atoms with Gasteiger partial charge in [-0.1, -0.05) is 56.3 Å². The molecule has 0 aliphatic heterocycles. The average molecular weight is 385 g/mol. The van der Waals surface area contributed by atoms with E-state index in [0.29, 0.717) is 18.2 Å². The Balaban J connectivity index is 1.87. The number of hydrogen-bond acceptors (Lipinski definition) is 3. The van der Waals surface area contributed by atoms with Gasteiger partial charge in [-0.2, -0.15) is 0 Å². The van der Waals surface area contributed by atoms with Crippen molar-refractivity contribution >= 4 is 23.6 Å². The van der Waals surface area contributed by atoms with Gasteiger partial charge in [-0.15, -0.1) is 11.8 Å². The van der Waals surface area contributed by atoms with Crippen LogP contribution in [0.1, 0.15) is 37.8 Å². The summed E-state index contributed by atoms with van der Waals surface area (Å²) in [5, 5.41) is 5.69. The molecule has 0 saturated heterocycles. The van der Waals surface area contributed by atoms with Crippen LogP contribution in [-0.4, -0.2) is 30.2 Å². The first-order valence-corrected chi connectivity index (χ1v) is 10.3. The molecule has 2 N–H and O–H groups in total. The molecule has 0 radical (unpaired) electrons. The van der Waals surface area contributed by atoms with Crippen molar-refractivity contribution < 1.29 is 9.59 Å². The lowest BCUT2D eigenvalue weighted by Crippen LogP contribution is -2.48. The zero-order valence-electron chi connectivity index (χ0n) is 16.2. The van der Waals surface area contributed by atoms with Crippen molar-refractivity contribution in [1.29, 1.82) is 0 Å². The highest BCUT2D eigenvalue weighted by molar-refractivity contribution is 7.99. The third-order valence-corrected chi connectivity index (χ3v) is 5.32. The van der Waals surface area contributed by atoms with Gasteiger partial charge in [0.15, 0.2) is 0 Å². The van der Waals surface area contributed by atoms with Crippen LogP contribution in [0.5, 0.6) is 0 Å². The highest BCUT2D eigenvalue weighted by atomic mass is 32.2. The van der Waals surface area contributed by atoms with Gasteiger partial charge in [-0.05, 0) is 35.6 Å². The third-order valence-electron chi connectivity index (χ3n) is 4.21. The van der Waals surface area contributed by atoms with Crippen LogP contribution in [0.3, 0.4) is 0 Å². The van der Waals surface area contributed by atoms with Gasteiger partial charge in [0.1, 0.15) is 6.04 Å². The summed E-state index contributed by atoms with van der Waals surface area (Å²) in [4.78, 5) is 25.1. The molecule has 2 rings (SSSR count). The van der Waals surface area contributed by atoms with E-state index < -0.39 is 6.04 Å². The summed E-state index contributed by atoms with van der Waals surface area (Å²) in [6.45, 7) is 6.31. The number of carbonyl (C=O) groups excluding carboxylic acids is 2. The van der Waals surface area contributed by atoms with E-state index in [-0.39, 0.29) is 11.8 Å². The number of carbonyl (C=O) groups is 2. The van der Waals surface area contributed by atoms with Crippen LogP contribution >= 0.6 is 11.8 Å². The van der Waals surface area contributed by atoms with E-state index in [1.807, 2.05) is 30.3 Å². The minimum atomic E-state index is -0.548. The lowest BCUT2D eigenvalue weighted by atomic mass is 10.0. The first-order valence-electron chi connectivity index (χ1n) is 9.27. The molecular formula is C22H28N2O2S. The Labute approximate surface area is 166 Å². The van der Waals surface area contributed by atoms with Crippen LogP contribution in [0, 0.1) is 0 Å². The maximum Gasteiger partial charge on any atom is 0.243 e. The molecule has 2 amide bonds. The maximum atomic E-state index is 12.5. The Kier molecular flexibility index (Phi) is 8.40. The van der Waals surface area contributed by atoms with E-state index in [1.54, 1.807) is 11.8 Å². The number of hydrogen-bond donors (Lipinski definition) is 2. The summed E-state index contributed by atoms with van der Waals surface area (Å²) >= 11 is 1.57. The lowest BCUT2D eigenvalue weighted by Gasteiger charge is -2.17. The Morgan fingerprint density at radius 1 is 1.00 bits per heavy atom. The zero-order chi connectivity index (χ0) is 19.6. The van der Waals surface area contributed by atoms with E-state index in [0.717, 1.165) is 11.3 Å². The molecule has 0 heterocycles. The van der Waals surface area contributed by atoms with Crippen molar-refractivity contribution in [2.75, 3.05) is 12.3 Å². The van der Waals surface area contributed by atoms with Crippen molar-refractivity contribution in [3.05, 3.63) is 65.7 Å². The van der Waals surface area contributed by atoms with Gasteiger partial charge in [0.05, 0.1) is 0 Å². The van der Waals surface area contributed by atoms with Crippen LogP contribution in [-0.2, 0) is 16.0 Å². The standard InChI is InChI=1S/C22H28N2O2S/c1-16(2)19-9-11-20(12-10-19)27-15-21(24-17(3)25)22(26)23-14-13-18-7-5-4-6-8-18/h4-12,16,21H,13-15H2,1-3H3,(H,23,26)(H,24,25). The highest BCUT2D eigenvalue weighted by Gasteiger charge is 2.19. The van der Waals surface area contributed by atoms with Gasteiger partial charge in [0, 0.05) is 24.1 Å². The van der Waals surface area contributed by atoms with Crippen molar-refractivity contribution in [2.45, 2.75) is 44.0 Å². The number of thioether (sulfide) groups is 1. The predicted molar refractivity (Wildman–Crippen MR) is 112 cm³/mol. The summed E-state index contributed by atoms with van der Waals surface area (Å²) in [5.41, 5.74) is 2.46. The molecule has 0 bridgehead atoms. The fraction of sp³-hybridized carbons (Fsp3) is 0.364. The van der Waals surface area contributed by atoms with Crippen LogP contribution in [0.25, 0.3) is 0 Å². The molecule has 2 aromatic rings. The Morgan fingerprint density at radius 3 is 2.26 bits per heavy atom. The molecule has 0 aliphatic rings. The second-order valence-corrected chi connectivity index (χ2v) is 7.91. The Morgan fingerprint density at radius 2 is 1.67 bits per heavy atom. The lowest BCUT2D eigenvalue weighted by molar-refractivity contribution is -0.127. The van der Waals surface area contributed by atoms with E-state index in [4.69, 9.17) is 0 Å². The fourth-order valence-electron chi connectivity index (χ4n) is 2.65. The molecule has 4 nitrogen and oxygen atoms in total. The normalized spacial score (nSPS) is 11.9. The minimum absolute atomic E-state index is 0.146. The average Bonchev–Trinajstić information content (AvgIpc) is 2.66. The predicted octanol–water partition coefficient (Wildman–Crippen LogP) is 3.77. The first-order chi connectivity index (χ1) is 13.0. The van der Waals surface area contributed by atoms with Gasteiger partial charge in [-0.25, -0.2) is 0 Å². The van der Waals surface area contributed by atoms with E-state index in [2.05, 4.69) is 48.7 Å². The van der Waals surface area contributed by atoms with Crippen LogP contribution in [0.4, 0.5) is 0 Å². The molecule has 2 aromatic carbocycles. The third kappa shape index (κ3) is 7.47. The van der Waals surface area contributed by atoms with E-state index in [1.165, 1.54) is 18.1 Å². The highest BCUT2D eigenvalue weighted by Crippen LogP contribution is 2.22. The van der Waals surface area contributed by atoms with Crippen molar-refractivity contribution in [2.24, 2.45) is 0 Å². The maximum absolute atomic E-state index is 12.5. The molecule has 0 aliphatic carbocycles. The second kappa shape index (κ2) is 10.8. The summed E-state index contributed by atoms with van der Waals surface area (Å²) in [6.07, 6.45) is 0.767. The van der Waals surface area contributed by atoms with Crippen molar-refractivity contribution in [1.82, 2.24) is 10.6 Å². The van der Waals surface area contributed by atoms with Crippen LogP contribution in [0.2, 0.25) is 0 Å². The van der Waals surface area contributed by atoms with Gasteiger partial charge in [0.25, 0.3) is 0 Å². The summed E-state index contributed by atoms with van der Waals surface area (Å²) < 4.78 is 0. The smallest absolute Gasteiger partial charge is 0.243 e. The minimum Gasteiger partial charge on any atom is -0.354 e. The molecule has 1 unspecified atom stereocenters. The molecular weight excluding hydrogens is 356 g/mol. The summed E-state index contributed by atoms with van der Waals surface area (Å²) in [6, 6.07) is 17.8. The largest absolute Gasteiger partial charge is 0.354 e. The summed E-state index contributed by atoms with van der Waals surface area (Å²) in [5.74, 6) is 0.644. The second-order valence-electron chi connectivity index (χ2n) is 6.81. The van der Waals surface area contributed by atoms with Gasteiger partial charge >= 0.3 is 0 Å². The fourth-order valence-corrected chi connectivity index (χ4v) is 3.58. The molecule has 0 fully saturated rings. The van der Waals surface area contributed by atoms with E-state index in [9.17, 15) is 9.59 Å².